The summed E-state index contributed by atoms with van der Waals surface area (Å²) in [6.07, 6.45) is 0. The summed E-state index contributed by atoms with van der Waals surface area (Å²) in [5.74, 6) is 0. The molecule has 19 heavy (non-hydrogen) atoms. The van der Waals surface area contributed by atoms with Gasteiger partial charge in [-0.3, -0.25) is 0 Å². The maximum absolute atomic E-state index is 12.5. The molecule has 2 aromatic rings. The minimum absolute atomic E-state index is 0.249. The van der Waals surface area contributed by atoms with Gasteiger partial charge in [0.2, 0.25) is 10.0 Å². The highest BCUT2D eigenvalue weighted by atomic mass is 32.2. The van der Waals surface area contributed by atoms with Gasteiger partial charge in [-0.1, -0.05) is 48.0 Å². The maximum Gasteiger partial charge on any atom is 0.243 e. The lowest BCUT2D eigenvalue weighted by atomic mass is 10.2. The standard InChI is InChI=1S/C15H15NO2S/c1-12-7-9-14(10-8-12)19(17,18)16-11-15(16)13-5-3-2-4-6-13/h2-10,15H,11H2,1H3/t15-,16?/m0/s1/i11D/t11-,15-,16?. The minimum Gasteiger partial charge on any atom is -0.207 e. The molecule has 98 valence electrons. The van der Waals surface area contributed by atoms with Crippen LogP contribution < -0.4 is 0 Å². The van der Waals surface area contributed by atoms with E-state index in [1.54, 1.807) is 24.3 Å². The average molecular weight is 274 g/mol. The largest absolute Gasteiger partial charge is 0.243 e. The molecule has 0 amide bonds. The average Bonchev–Trinajstić information content (AvgIpc) is 3.13. The molecule has 3 rings (SSSR count). The molecule has 0 aliphatic carbocycles. The van der Waals surface area contributed by atoms with Gasteiger partial charge in [-0.25, -0.2) is 8.42 Å². The highest BCUT2D eigenvalue weighted by molar-refractivity contribution is 7.89. The van der Waals surface area contributed by atoms with Gasteiger partial charge in [-0.2, -0.15) is 4.31 Å². The van der Waals surface area contributed by atoms with E-state index in [1.165, 1.54) is 4.31 Å². The van der Waals surface area contributed by atoms with Crippen LogP contribution in [0.5, 0.6) is 0 Å². The van der Waals surface area contributed by atoms with Crippen LogP contribution in [0, 0.1) is 6.92 Å². The topological polar surface area (TPSA) is 37.1 Å². The summed E-state index contributed by atoms with van der Waals surface area (Å²) in [4.78, 5) is 0.249. The summed E-state index contributed by atoms with van der Waals surface area (Å²) >= 11 is 0. The first-order chi connectivity index (χ1) is 9.51. The highest BCUT2D eigenvalue weighted by Gasteiger charge is 2.45. The van der Waals surface area contributed by atoms with Crippen molar-refractivity contribution in [2.75, 3.05) is 6.52 Å². The van der Waals surface area contributed by atoms with Crippen molar-refractivity contribution in [3.8, 4) is 0 Å². The van der Waals surface area contributed by atoms with E-state index in [0.29, 0.717) is 0 Å². The first kappa shape index (κ1) is 11.2. The second-order valence-corrected chi connectivity index (χ2v) is 6.50. The fourth-order valence-corrected chi connectivity index (χ4v) is 3.47. The molecule has 0 bridgehead atoms. The van der Waals surface area contributed by atoms with Crippen molar-refractivity contribution in [2.24, 2.45) is 0 Å². The van der Waals surface area contributed by atoms with Gasteiger partial charge in [0.1, 0.15) is 0 Å². The van der Waals surface area contributed by atoms with Crippen LogP contribution in [0.2, 0.25) is 0 Å². The third-order valence-electron chi connectivity index (χ3n) is 3.21. The van der Waals surface area contributed by atoms with Gasteiger partial charge in [0.25, 0.3) is 0 Å². The van der Waals surface area contributed by atoms with E-state index < -0.39 is 16.5 Å². The zero-order valence-corrected chi connectivity index (χ0v) is 11.3. The zero-order valence-electron chi connectivity index (χ0n) is 11.5. The first-order valence-corrected chi connectivity index (χ1v) is 7.53. The minimum atomic E-state index is -3.58. The second kappa shape index (κ2) is 4.47. The Balaban J connectivity index is 1.92. The Morgan fingerprint density at radius 2 is 1.74 bits per heavy atom. The molecule has 1 aliphatic rings. The third-order valence-corrected chi connectivity index (χ3v) is 4.98. The molecule has 2 aromatic carbocycles. The lowest BCUT2D eigenvalue weighted by Crippen LogP contribution is -2.12. The van der Waals surface area contributed by atoms with Crippen LogP contribution in [0.3, 0.4) is 0 Å². The summed E-state index contributed by atoms with van der Waals surface area (Å²) in [5, 5.41) is 0. The van der Waals surface area contributed by atoms with Gasteiger partial charge in [0.05, 0.1) is 10.9 Å². The number of nitrogens with zero attached hydrogens (tertiary/aromatic N) is 1. The second-order valence-electron chi connectivity index (χ2n) is 4.65. The van der Waals surface area contributed by atoms with Crippen LogP contribution in [-0.2, 0) is 10.0 Å². The van der Waals surface area contributed by atoms with Crippen LogP contribution in [0.4, 0.5) is 0 Å². The monoisotopic (exact) mass is 274 g/mol. The molecule has 1 unspecified atom stereocenters. The summed E-state index contributed by atoms with van der Waals surface area (Å²) in [6, 6.07) is 15.7. The highest BCUT2D eigenvalue weighted by Crippen LogP contribution is 2.40. The number of benzene rings is 2. The molecule has 1 fully saturated rings. The molecule has 1 aliphatic heterocycles. The SMILES string of the molecule is [2H][C@H]1[C@@H](c2ccccc2)N1S(=O)(=O)c1ccc(C)cc1. The Labute approximate surface area is 115 Å². The summed E-state index contributed by atoms with van der Waals surface area (Å²) in [7, 11) is -3.58. The van der Waals surface area contributed by atoms with Gasteiger partial charge in [0, 0.05) is 7.89 Å². The van der Waals surface area contributed by atoms with E-state index in [1.807, 2.05) is 37.3 Å². The number of aryl methyl sites for hydroxylation is 1. The number of hydrogen-bond donors (Lipinski definition) is 0. The fraction of sp³-hybridized carbons (Fsp3) is 0.200. The molecule has 0 radical (unpaired) electrons. The summed E-state index contributed by atoms with van der Waals surface area (Å²) < 4.78 is 34.2. The van der Waals surface area contributed by atoms with Crippen molar-refractivity contribution in [2.45, 2.75) is 17.9 Å². The zero-order chi connectivity index (χ0) is 14.3. The van der Waals surface area contributed by atoms with Gasteiger partial charge < -0.3 is 0 Å². The van der Waals surface area contributed by atoms with Crippen molar-refractivity contribution in [3.05, 3.63) is 65.7 Å². The van der Waals surface area contributed by atoms with Crippen LogP contribution in [0.25, 0.3) is 0 Å². The smallest absolute Gasteiger partial charge is 0.207 e. The molecule has 0 N–H and O–H groups in total. The maximum atomic E-state index is 12.5. The first-order valence-electron chi connectivity index (χ1n) is 6.67. The molecule has 1 heterocycles. The van der Waals surface area contributed by atoms with E-state index in [0.717, 1.165) is 11.1 Å². The fourth-order valence-electron chi connectivity index (χ4n) is 2.05. The normalized spacial score (nSPS) is 26.8. The summed E-state index contributed by atoms with van der Waals surface area (Å²) in [6.45, 7) is 1.18. The Morgan fingerprint density at radius 1 is 1.11 bits per heavy atom. The van der Waals surface area contributed by atoms with Gasteiger partial charge in [0.15, 0.2) is 0 Å². The van der Waals surface area contributed by atoms with Crippen LogP contribution in [0.1, 0.15) is 18.5 Å². The van der Waals surface area contributed by atoms with Gasteiger partial charge in [-0.05, 0) is 24.6 Å². The summed E-state index contributed by atoms with van der Waals surface area (Å²) in [5.41, 5.74) is 1.87. The predicted molar refractivity (Wildman–Crippen MR) is 74.3 cm³/mol. The molecule has 1 saturated heterocycles. The van der Waals surface area contributed by atoms with Gasteiger partial charge in [-0.15, -0.1) is 0 Å². The molecule has 0 spiro atoms. The molecule has 0 aromatic heterocycles. The Morgan fingerprint density at radius 3 is 2.37 bits per heavy atom. The molecule has 3 nitrogen and oxygen atoms in total. The van der Waals surface area contributed by atoms with Crippen molar-refractivity contribution in [1.29, 1.82) is 0 Å². The van der Waals surface area contributed by atoms with Crippen LogP contribution in [-0.4, -0.2) is 19.2 Å². The van der Waals surface area contributed by atoms with E-state index in [-0.39, 0.29) is 10.9 Å². The van der Waals surface area contributed by atoms with Crippen molar-refractivity contribution < 1.29 is 9.79 Å². The Kier molecular flexibility index (Phi) is 2.64. The van der Waals surface area contributed by atoms with Crippen molar-refractivity contribution >= 4 is 10.0 Å². The van der Waals surface area contributed by atoms with Crippen molar-refractivity contribution in [3.63, 3.8) is 0 Å². The predicted octanol–water partition coefficient (Wildman–Crippen LogP) is 2.74. The van der Waals surface area contributed by atoms with E-state index >= 15 is 0 Å². The van der Waals surface area contributed by atoms with Gasteiger partial charge >= 0.3 is 0 Å². The molecule has 0 saturated carbocycles. The van der Waals surface area contributed by atoms with Crippen molar-refractivity contribution in [1.82, 2.24) is 4.31 Å². The molecule has 4 heteroatoms. The third kappa shape index (κ3) is 2.29. The molecule has 3 atom stereocenters. The number of hydrogen-bond acceptors (Lipinski definition) is 2. The number of sulfonamides is 1. The Hall–Kier alpha value is -1.65. The van der Waals surface area contributed by atoms with Crippen LogP contribution >= 0.6 is 0 Å². The lowest BCUT2D eigenvalue weighted by molar-refractivity contribution is 0.554. The molecular weight excluding hydrogens is 258 g/mol. The van der Waals surface area contributed by atoms with Crippen LogP contribution in [0.15, 0.2) is 59.5 Å². The molecular formula is C15H15NO2S. The van der Waals surface area contributed by atoms with E-state index in [2.05, 4.69) is 0 Å². The lowest BCUT2D eigenvalue weighted by Gasteiger charge is -2.06. The van der Waals surface area contributed by atoms with E-state index in [4.69, 9.17) is 1.37 Å². The van der Waals surface area contributed by atoms with E-state index in [9.17, 15) is 8.42 Å². The Bertz CT molecular complexity index is 713. The quantitative estimate of drug-likeness (QED) is 0.807. The number of rotatable bonds is 3.